The van der Waals surface area contributed by atoms with Gasteiger partial charge in [0.2, 0.25) is 5.91 Å². The Morgan fingerprint density at radius 3 is 1.07 bits per heavy atom. The molecule has 6 saturated heterocycles. The van der Waals surface area contributed by atoms with E-state index in [0.29, 0.717) is 23.2 Å². The molecular formula is C34H68N6O. The van der Waals surface area contributed by atoms with Crippen LogP contribution in [0.3, 0.4) is 0 Å². The lowest BCUT2D eigenvalue weighted by Crippen LogP contribution is -2.54. The maximum atomic E-state index is 11.3. The first-order valence-corrected chi connectivity index (χ1v) is 16.5. The predicted molar refractivity (Wildman–Crippen MR) is 175 cm³/mol. The molecule has 6 bridgehead atoms. The molecule has 0 aromatic carbocycles. The lowest BCUT2D eigenvalue weighted by Gasteiger charge is -2.41. The van der Waals surface area contributed by atoms with Gasteiger partial charge >= 0.3 is 0 Å². The van der Waals surface area contributed by atoms with Crippen molar-refractivity contribution < 1.29 is 4.79 Å². The van der Waals surface area contributed by atoms with Crippen LogP contribution in [0.25, 0.3) is 0 Å². The molecule has 0 aliphatic carbocycles. The van der Waals surface area contributed by atoms with Crippen LogP contribution in [0.1, 0.15) is 110 Å². The highest BCUT2D eigenvalue weighted by atomic mass is 16.2. The lowest BCUT2D eigenvalue weighted by molar-refractivity contribution is -0.131. The summed E-state index contributed by atoms with van der Waals surface area (Å²) in [5.41, 5.74) is 1.00. The minimum absolute atomic E-state index is 0. The van der Waals surface area contributed by atoms with Crippen LogP contribution in [0.5, 0.6) is 0 Å². The maximum absolute atomic E-state index is 11.3. The number of likely N-dealkylation sites (N-methyl/N-ethyl adjacent to an activating group) is 2. The Morgan fingerprint density at radius 2 is 0.854 bits per heavy atom. The van der Waals surface area contributed by atoms with Gasteiger partial charge in [-0.25, -0.2) is 0 Å². The topological polar surface area (TPSA) is 36.5 Å². The van der Waals surface area contributed by atoms with Gasteiger partial charge in [-0.2, -0.15) is 0 Å². The minimum atomic E-state index is 0. The molecule has 0 saturated carbocycles. The van der Waals surface area contributed by atoms with Crippen molar-refractivity contribution in [1.82, 2.24) is 29.4 Å². The third-order valence-corrected chi connectivity index (χ3v) is 10.8. The number of rotatable bonds is 2. The second-order valence-corrected chi connectivity index (χ2v) is 16.4. The Morgan fingerprint density at radius 1 is 0.537 bits per heavy atom. The molecule has 240 valence electrons. The smallest absolute Gasteiger partial charge is 0.219 e. The van der Waals surface area contributed by atoms with Gasteiger partial charge in [0.25, 0.3) is 0 Å². The summed E-state index contributed by atoms with van der Waals surface area (Å²) in [7, 11) is 0. The zero-order chi connectivity index (χ0) is 29.8. The minimum Gasteiger partial charge on any atom is -0.337 e. The van der Waals surface area contributed by atoms with E-state index < -0.39 is 0 Å². The van der Waals surface area contributed by atoms with E-state index in [-0.39, 0.29) is 18.9 Å². The number of carbonyl (C=O) groups is 1. The van der Waals surface area contributed by atoms with Crippen LogP contribution in [0, 0.1) is 0 Å². The Bertz CT molecular complexity index is 828. The summed E-state index contributed by atoms with van der Waals surface area (Å²) in [4.78, 5) is 26.5. The van der Waals surface area contributed by atoms with Gasteiger partial charge in [-0.05, 0) is 94.7 Å². The van der Waals surface area contributed by atoms with E-state index >= 15 is 0 Å². The lowest BCUT2D eigenvalue weighted by atomic mass is 10.0. The summed E-state index contributed by atoms with van der Waals surface area (Å²) in [6.45, 7) is 36.7. The van der Waals surface area contributed by atoms with Crippen LogP contribution >= 0.6 is 0 Å². The van der Waals surface area contributed by atoms with Crippen LogP contribution in [0.2, 0.25) is 0 Å². The van der Waals surface area contributed by atoms with Crippen LogP contribution in [-0.4, -0.2) is 141 Å². The first-order chi connectivity index (χ1) is 18.4. The van der Waals surface area contributed by atoms with Gasteiger partial charge in [0.15, 0.2) is 0 Å². The molecule has 6 fully saturated rings. The SMILES string of the molecule is C.CC(=O)N1CC2CC1CN2C(C)(C)C.CCN1CC2CC1CN2C(C)(C)C.CCN1CC2CC1CN2C(C)(C)C. The van der Waals surface area contributed by atoms with E-state index in [1.54, 1.807) is 6.92 Å². The summed E-state index contributed by atoms with van der Waals surface area (Å²) in [6.07, 6.45) is 3.99. The molecule has 6 aliphatic heterocycles. The molecule has 0 radical (unpaired) electrons. The van der Waals surface area contributed by atoms with Crippen molar-refractivity contribution in [3.63, 3.8) is 0 Å². The average Bonchev–Trinajstić information content (AvgIpc) is 3.68. The largest absolute Gasteiger partial charge is 0.337 e. The van der Waals surface area contributed by atoms with Crippen molar-refractivity contribution in [2.45, 2.75) is 163 Å². The van der Waals surface area contributed by atoms with Crippen molar-refractivity contribution in [3.05, 3.63) is 0 Å². The van der Waals surface area contributed by atoms with E-state index in [0.717, 1.165) is 37.3 Å². The highest BCUT2D eigenvalue weighted by Crippen LogP contribution is 2.37. The van der Waals surface area contributed by atoms with E-state index in [2.05, 4.69) is 101 Å². The number of piperazine rings is 3. The highest BCUT2D eigenvalue weighted by molar-refractivity contribution is 5.74. The summed E-state index contributed by atoms with van der Waals surface area (Å²) in [5, 5.41) is 0. The zero-order valence-corrected chi connectivity index (χ0v) is 28.3. The Balaban J connectivity index is 0.000000167. The van der Waals surface area contributed by atoms with Crippen LogP contribution < -0.4 is 0 Å². The fourth-order valence-corrected chi connectivity index (χ4v) is 8.79. The normalized spacial score (nSPS) is 34.0. The quantitative estimate of drug-likeness (QED) is 0.468. The van der Waals surface area contributed by atoms with E-state index in [1.807, 2.05) is 4.90 Å². The second kappa shape index (κ2) is 12.7. The maximum Gasteiger partial charge on any atom is 0.219 e. The second-order valence-electron chi connectivity index (χ2n) is 16.4. The van der Waals surface area contributed by atoms with Gasteiger partial charge in [0.05, 0.1) is 0 Å². The first kappa shape index (κ1) is 34.8. The number of carbonyl (C=O) groups excluding carboxylic acids is 1. The zero-order valence-electron chi connectivity index (χ0n) is 28.3. The van der Waals surface area contributed by atoms with E-state index in [9.17, 15) is 4.79 Å². The summed E-state index contributed by atoms with van der Waals surface area (Å²) >= 11 is 0. The standard InChI is InChI=1S/C11H20N2O.2C11H22N2.CH4/c1-8(14)12-6-10-5-9(12)7-13(10)11(2,3)4;2*1-5-12-7-10-6-9(12)8-13(10)11(2,3)4;/h9-10H,5-7H2,1-4H3;2*9-10H,5-8H2,1-4H3;1H4. The summed E-state index contributed by atoms with van der Waals surface area (Å²) in [6, 6.07) is 4.47. The molecule has 0 N–H and O–H groups in total. The fraction of sp³-hybridized carbons (Fsp3) is 0.971. The molecule has 0 spiro atoms. The van der Waals surface area contributed by atoms with Crippen molar-refractivity contribution >= 4 is 5.91 Å². The van der Waals surface area contributed by atoms with Crippen molar-refractivity contribution in [3.8, 4) is 0 Å². The van der Waals surface area contributed by atoms with Gasteiger partial charge in [0.1, 0.15) is 0 Å². The van der Waals surface area contributed by atoms with Crippen LogP contribution in [0.15, 0.2) is 0 Å². The molecule has 41 heavy (non-hydrogen) atoms. The van der Waals surface area contributed by atoms with Crippen molar-refractivity contribution in [1.29, 1.82) is 0 Å². The fourth-order valence-electron chi connectivity index (χ4n) is 8.79. The highest BCUT2D eigenvalue weighted by Gasteiger charge is 2.48. The van der Waals surface area contributed by atoms with Gasteiger partial charge in [-0.1, -0.05) is 21.3 Å². The van der Waals surface area contributed by atoms with Gasteiger partial charge in [-0.3, -0.25) is 29.3 Å². The van der Waals surface area contributed by atoms with Crippen LogP contribution in [-0.2, 0) is 4.79 Å². The summed E-state index contributed by atoms with van der Waals surface area (Å²) < 4.78 is 0. The first-order valence-electron chi connectivity index (χ1n) is 16.5. The molecule has 6 heterocycles. The van der Waals surface area contributed by atoms with Gasteiger partial charge in [0, 0.05) is 99.1 Å². The van der Waals surface area contributed by atoms with Crippen molar-refractivity contribution in [2.75, 3.05) is 52.4 Å². The molecule has 1 amide bonds. The molecule has 7 heteroatoms. The van der Waals surface area contributed by atoms with Crippen molar-refractivity contribution in [2.24, 2.45) is 0 Å². The molecule has 6 unspecified atom stereocenters. The average molecular weight is 577 g/mol. The number of fused-ring (bicyclic) bond motifs is 6. The third kappa shape index (κ3) is 7.50. The molecule has 6 rings (SSSR count). The molecule has 7 nitrogen and oxygen atoms in total. The molecule has 6 atom stereocenters. The Kier molecular flexibility index (Phi) is 10.8. The summed E-state index contributed by atoms with van der Waals surface area (Å²) in [5.74, 6) is 0.242. The monoisotopic (exact) mass is 577 g/mol. The number of likely N-dealkylation sites (tertiary alicyclic amines) is 6. The third-order valence-electron chi connectivity index (χ3n) is 10.8. The predicted octanol–water partition coefficient (Wildman–Crippen LogP) is 4.85. The Hall–Kier alpha value is -0.730. The number of nitrogens with zero attached hydrogens (tertiary/aromatic N) is 6. The number of amides is 1. The molecule has 0 aromatic heterocycles. The van der Waals surface area contributed by atoms with Crippen LogP contribution in [0.4, 0.5) is 0 Å². The van der Waals surface area contributed by atoms with Gasteiger partial charge in [-0.15, -0.1) is 0 Å². The van der Waals surface area contributed by atoms with Gasteiger partial charge < -0.3 is 4.90 Å². The number of hydrogen-bond acceptors (Lipinski definition) is 6. The molecular weight excluding hydrogens is 508 g/mol. The molecule has 0 aromatic rings. The number of hydrogen-bond donors (Lipinski definition) is 0. The Labute approximate surface area is 254 Å². The van der Waals surface area contributed by atoms with E-state index in [1.165, 1.54) is 58.5 Å². The van der Waals surface area contributed by atoms with E-state index in [4.69, 9.17) is 0 Å². The molecule has 6 aliphatic rings.